The second-order valence-electron chi connectivity index (χ2n) is 9.33. The number of para-hydroxylation sites is 1. The fraction of sp³-hybridized carbons (Fsp3) is 0.619. The fourth-order valence-corrected chi connectivity index (χ4v) is 4.06. The molecule has 0 unspecified atom stereocenters. The second-order valence-corrected chi connectivity index (χ2v) is 10.2. The van der Waals surface area contributed by atoms with Crippen LogP contribution in [0.15, 0.2) is 28.7 Å². The number of piperidine rings is 1. The zero-order valence-electron chi connectivity index (χ0n) is 17.1. The van der Waals surface area contributed by atoms with E-state index in [1.54, 1.807) is 4.90 Å². The molecule has 154 valence electrons. The summed E-state index contributed by atoms with van der Waals surface area (Å²) in [5, 5.41) is 3.10. The van der Waals surface area contributed by atoms with Crippen molar-refractivity contribution in [2.45, 2.75) is 45.8 Å². The minimum atomic E-state index is -0.502. The molecule has 1 saturated heterocycles. The number of hydrogen-bond acceptors (Lipinski definition) is 4. The van der Waals surface area contributed by atoms with Crippen LogP contribution in [0.1, 0.15) is 34.6 Å². The number of fused-ring (bicyclic) bond motifs is 1. The van der Waals surface area contributed by atoms with Gasteiger partial charge in [-0.15, -0.1) is 0 Å². The number of halogens is 1. The normalized spacial score (nSPS) is 23.8. The number of benzene rings is 1. The Hall–Kier alpha value is -1.76. The SMILES string of the molecule is CC(C)(COc1ccccc1Br)NC(=O)[C@H]1[C@@H]2CN(C(=O)OC(C)(C)C)C[C@@H]21. The molecule has 0 bridgehead atoms. The molecule has 2 amide bonds. The number of ether oxygens (including phenoxy) is 2. The number of likely N-dealkylation sites (tertiary alicyclic amines) is 1. The van der Waals surface area contributed by atoms with Crippen LogP contribution in [0.5, 0.6) is 5.75 Å². The van der Waals surface area contributed by atoms with Crippen molar-refractivity contribution in [2.24, 2.45) is 17.8 Å². The highest BCUT2D eigenvalue weighted by molar-refractivity contribution is 9.10. The lowest BCUT2D eigenvalue weighted by molar-refractivity contribution is -0.125. The molecular weight excluding hydrogens is 424 g/mol. The summed E-state index contributed by atoms with van der Waals surface area (Å²) in [6.45, 7) is 11.0. The molecule has 3 atom stereocenters. The third-order valence-electron chi connectivity index (χ3n) is 5.04. The summed E-state index contributed by atoms with van der Waals surface area (Å²) in [6.07, 6.45) is -0.291. The van der Waals surface area contributed by atoms with Crippen LogP contribution in [0.3, 0.4) is 0 Å². The van der Waals surface area contributed by atoms with Crippen LogP contribution in [-0.4, -0.2) is 47.7 Å². The lowest BCUT2D eigenvalue weighted by atomic mass is 10.1. The minimum Gasteiger partial charge on any atom is -0.490 e. The number of carbonyl (C=O) groups is 2. The molecule has 2 fully saturated rings. The average Bonchev–Trinajstić information content (AvgIpc) is 3.07. The maximum absolute atomic E-state index is 12.7. The lowest BCUT2D eigenvalue weighted by Gasteiger charge is -2.28. The van der Waals surface area contributed by atoms with Gasteiger partial charge in [0.05, 0.1) is 10.0 Å². The summed E-state index contributed by atoms with van der Waals surface area (Å²) in [5.74, 6) is 1.22. The number of hydrogen-bond donors (Lipinski definition) is 1. The Morgan fingerprint density at radius 3 is 2.32 bits per heavy atom. The molecule has 0 radical (unpaired) electrons. The first-order chi connectivity index (χ1) is 13.0. The van der Waals surface area contributed by atoms with E-state index in [9.17, 15) is 9.59 Å². The summed E-state index contributed by atoms with van der Waals surface area (Å²) in [6, 6.07) is 7.64. The Balaban J connectivity index is 1.46. The van der Waals surface area contributed by atoms with Crippen LogP contribution in [0, 0.1) is 17.8 Å². The van der Waals surface area contributed by atoms with Gasteiger partial charge in [0.15, 0.2) is 0 Å². The second kappa shape index (κ2) is 7.58. The Morgan fingerprint density at radius 2 is 1.75 bits per heavy atom. The van der Waals surface area contributed by atoms with Gasteiger partial charge in [-0.1, -0.05) is 12.1 Å². The van der Waals surface area contributed by atoms with E-state index in [0.717, 1.165) is 10.2 Å². The van der Waals surface area contributed by atoms with Crippen molar-refractivity contribution in [1.82, 2.24) is 10.2 Å². The van der Waals surface area contributed by atoms with Gasteiger partial charge >= 0.3 is 6.09 Å². The smallest absolute Gasteiger partial charge is 0.410 e. The van der Waals surface area contributed by atoms with Crippen LogP contribution in [-0.2, 0) is 9.53 Å². The van der Waals surface area contributed by atoms with Crippen molar-refractivity contribution in [3.8, 4) is 5.75 Å². The summed E-state index contributed by atoms with van der Waals surface area (Å²) in [4.78, 5) is 26.6. The van der Waals surface area contributed by atoms with Crippen LogP contribution in [0.4, 0.5) is 4.79 Å². The zero-order valence-corrected chi connectivity index (χ0v) is 18.7. The van der Waals surface area contributed by atoms with Crippen molar-refractivity contribution in [3.05, 3.63) is 28.7 Å². The van der Waals surface area contributed by atoms with Crippen molar-refractivity contribution in [3.63, 3.8) is 0 Å². The van der Waals surface area contributed by atoms with Crippen LogP contribution in [0.25, 0.3) is 0 Å². The first-order valence-corrected chi connectivity index (χ1v) is 10.4. The van der Waals surface area contributed by atoms with Gasteiger partial charge in [-0.3, -0.25) is 4.79 Å². The minimum absolute atomic E-state index is 0.0265. The quantitative estimate of drug-likeness (QED) is 0.736. The first-order valence-electron chi connectivity index (χ1n) is 9.64. The molecule has 2 aliphatic rings. The molecule has 28 heavy (non-hydrogen) atoms. The molecule has 3 rings (SSSR count). The van der Waals surface area contributed by atoms with Gasteiger partial charge in [0.25, 0.3) is 0 Å². The average molecular weight is 453 g/mol. The maximum Gasteiger partial charge on any atom is 0.410 e. The van der Waals surface area contributed by atoms with Gasteiger partial charge < -0.3 is 19.7 Å². The molecule has 7 heteroatoms. The molecule has 1 saturated carbocycles. The topological polar surface area (TPSA) is 67.9 Å². The number of rotatable bonds is 5. The summed E-state index contributed by atoms with van der Waals surface area (Å²) in [5.41, 5.74) is -0.994. The van der Waals surface area contributed by atoms with E-state index >= 15 is 0 Å². The fourth-order valence-electron chi connectivity index (χ4n) is 3.66. The van der Waals surface area contributed by atoms with Gasteiger partial charge in [-0.05, 0) is 74.5 Å². The van der Waals surface area contributed by atoms with E-state index in [1.165, 1.54) is 0 Å². The Bertz CT molecular complexity index is 747. The van der Waals surface area contributed by atoms with Crippen molar-refractivity contribution < 1.29 is 19.1 Å². The summed E-state index contributed by atoms with van der Waals surface area (Å²) in [7, 11) is 0. The first kappa shape index (κ1) is 21.0. The molecule has 0 spiro atoms. The van der Waals surface area contributed by atoms with Crippen molar-refractivity contribution >= 4 is 27.9 Å². The van der Waals surface area contributed by atoms with Crippen LogP contribution >= 0.6 is 15.9 Å². The highest BCUT2D eigenvalue weighted by Crippen LogP contribution is 2.52. The van der Waals surface area contributed by atoms with E-state index in [2.05, 4.69) is 21.2 Å². The molecule has 1 aromatic carbocycles. The Kier molecular flexibility index (Phi) is 5.67. The third kappa shape index (κ3) is 4.99. The Morgan fingerprint density at radius 1 is 1.14 bits per heavy atom. The van der Waals surface area contributed by atoms with E-state index in [-0.39, 0.29) is 29.8 Å². The van der Waals surface area contributed by atoms with Gasteiger partial charge in [-0.2, -0.15) is 0 Å². The molecule has 1 heterocycles. The van der Waals surface area contributed by atoms with Crippen molar-refractivity contribution in [1.29, 1.82) is 0 Å². The number of amides is 2. The van der Waals surface area contributed by atoms with Gasteiger partial charge in [-0.25, -0.2) is 4.79 Å². The van der Waals surface area contributed by atoms with E-state index in [0.29, 0.717) is 19.7 Å². The molecular formula is C21H29BrN2O4. The predicted octanol–water partition coefficient (Wildman–Crippen LogP) is 3.84. The molecule has 6 nitrogen and oxygen atoms in total. The Labute approximate surface area is 175 Å². The van der Waals surface area contributed by atoms with E-state index < -0.39 is 11.1 Å². The maximum atomic E-state index is 12.7. The number of nitrogens with zero attached hydrogens (tertiary/aromatic N) is 1. The number of carbonyl (C=O) groups excluding carboxylic acids is 2. The number of nitrogens with one attached hydrogen (secondary N) is 1. The van der Waals surface area contributed by atoms with E-state index in [4.69, 9.17) is 9.47 Å². The summed E-state index contributed by atoms with van der Waals surface area (Å²) >= 11 is 3.46. The molecule has 1 aromatic rings. The molecule has 0 aromatic heterocycles. The van der Waals surface area contributed by atoms with Crippen molar-refractivity contribution in [2.75, 3.05) is 19.7 Å². The van der Waals surface area contributed by atoms with Gasteiger partial charge in [0.2, 0.25) is 5.91 Å². The predicted molar refractivity (Wildman–Crippen MR) is 110 cm³/mol. The standard InChI is InChI=1S/C21H29BrN2O4/c1-20(2,3)28-19(26)24-10-13-14(11-24)17(13)18(25)23-21(4,5)12-27-16-9-7-6-8-15(16)22/h6-9,13-14,17H,10-12H2,1-5H3,(H,23,25)/t13-,14+,17+. The largest absolute Gasteiger partial charge is 0.490 e. The molecule has 1 aliphatic heterocycles. The third-order valence-corrected chi connectivity index (χ3v) is 5.69. The highest BCUT2D eigenvalue weighted by atomic mass is 79.9. The lowest BCUT2D eigenvalue weighted by Crippen LogP contribution is -2.49. The summed E-state index contributed by atoms with van der Waals surface area (Å²) < 4.78 is 12.2. The zero-order chi connectivity index (χ0) is 20.7. The van der Waals surface area contributed by atoms with Gasteiger partial charge in [0.1, 0.15) is 18.0 Å². The van der Waals surface area contributed by atoms with Crippen LogP contribution < -0.4 is 10.1 Å². The monoisotopic (exact) mass is 452 g/mol. The molecule has 1 N–H and O–H groups in total. The van der Waals surface area contributed by atoms with Gasteiger partial charge in [0, 0.05) is 19.0 Å². The highest BCUT2D eigenvalue weighted by Gasteiger charge is 2.61. The molecule has 1 aliphatic carbocycles. The van der Waals surface area contributed by atoms with Crippen LogP contribution in [0.2, 0.25) is 0 Å². The van der Waals surface area contributed by atoms with E-state index in [1.807, 2.05) is 58.9 Å².